The van der Waals surface area contributed by atoms with Crippen molar-refractivity contribution in [1.29, 1.82) is 0 Å². The summed E-state index contributed by atoms with van der Waals surface area (Å²) in [6.45, 7) is 0. The Labute approximate surface area is 96.5 Å². The molecule has 0 fully saturated rings. The van der Waals surface area contributed by atoms with Gasteiger partial charge < -0.3 is 14.6 Å². The Kier molecular flexibility index (Phi) is 4.09. The first-order valence-electron chi connectivity index (χ1n) is 4.30. The second-order valence-corrected chi connectivity index (χ2v) is 3.31. The molecule has 0 bridgehead atoms. The molecule has 0 saturated carbocycles. The summed E-state index contributed by atoms with van der Waals surface area (Å²) >= 11 is 5.82. The summed E-state index contributed by atoms with van der Waals surface area (Å²) in [7, 11) is 2.41. The first-order valence-corrected chi connectivity index (χ1v) is 4.68. The maximum atomic E-state index is 13.1. The largest absolute Gasteiger partial charge is 0.495 e. The molecule has 16 heavy (non-hydrogen) atoms. The van der Waals surface area contributed by atoms with Crippen LogP contribution < -0.4 is 4.74 Å². The van der Waals surface area contributed by atoms with E-state index in [1.807, 2.05) is 0 Å². The topological polar surface area (TPSA) is 55.8 Å². The highest BCUT2D eigenvalue weighted by molar-refractivity contribution is 6.33. The van der Waals surface area contributed by atoms with Crippen LogP contribution >= 0.6 is 11.6 Å². The summed E-state index contributed by atoms with van der Waals surface area (Å²) < 4.78 is 22.2. The van der Waals surface area contributed by atoms with Gasteiger partial charge in [-0.2, -0.15) is 0 Å². The van der Waals surface area contributed by atoms with Crippen molar-refractivity contribution in [3.8, 4) is 5.75 Å². The molecule has 0 aromatic heterocycles. The maximum Gasteiger partial charge on any atom is 0.339 e. The van der Waals surface area contributed by atoms with E-state index in [-0.39, 0.29) is 16.3 Å². The molecule has 1 aromatic rings. The minimum atomic E-state index is -1.64. The second kappa shape index (κ2) is 5.14. The van der Waals surface area contributed by atoms with Crippen molar-refractivity contribution in [2.24, 2.45) is 0 Å². The van der Waals surface area contributed by atoms with E-state index in [4.69, 9.17) is 16.3 Å². The van der Waals surface area contributed by atoms with Crippen LogP contribution in [0.2, 0.25) is 5.02 Å². The number of rotatable bonds is 3. The molecule has 0 aliphatic rings. The van der Waals surface area contributed by atoms with E-state index < -0.39 is 17.9 Å². The van der Waals surface area contributed by atoms with Gasteiger partial charge in [-0.3, -0.25) is 0 Å². The summed E-state index contributed by atoms with van der Waals surface area (Å²) in [6.07, 6.45) is -1.64. The Morgan fingerprint density at radius 2 is 2.12 bits per heavy atom. The fourth-order valence-electron chi connectivity index (χ4n) is 1.17. The zero-order chi connectivity index (χ0) is 12.3. The van der Waals surface area contributed by atoms with Crippen molar-refractivity contribution in [2.45, 2.75) is 6.10 Å². The molecular formula is C10H10ClFO4. The van der Waals surface area contributed by atoms with Crippen LogP contribution in [0.15, 0.2) is 12.1 Å². The molecule has 1 aromatic carbocycles. The molecule has 0 aliphatic heterocycles. The number of carbonyl (C=O) groups excluding carboxylic acids is 1. The van der Waals surface area contributed by atoms with Crippen LogP contribution in [-0.4, -0.2) is 25.3 Å². The number of esters is 1. The quantitative estimate of drug-likeness (QED) is 0.827. The van der Waals surface area contributed by atoms with Gasteiger partial charge in [-0.25, -0.2) is 9.18 Å². The van der Waals surface area contributed by atoms with E-state index in [0.717, 1.165) is 19.2 Å². The lowest BCUT2D eigenvalue weighted by Crippen LogP contribution is -2.14. The van der Waals surface area contributed by atoms with Crippen LogP contribution in [0, 0.1) is 5.82 Å². The Balaban J connectivity index is 3.22. The first-order chi connectivity index (χ1) is 7.51. The Bertz CT molecular complexity index is 408. The van der Waals surface area contributed by atoms with Crippen molar-refractivity contribution in [1.82, 2.24) is 0 Å². The summed E-state index contributed by atoms with van der Waals surface area (Å²) in [5, 5.41) is 9.51. The fourth-order valence-corrected chi connectivity index (χ4v) is 1.46. The lowest BCUT2D eigenvalue weighted by molar-refractivity contribution is -0.150. The molecule has 0 saturated heterocycles. The predicted octanol–water partition coefficient (Wildman–Crippen LogP) is 1.69. The van der Waals surface area contributed by atoms with Crippen LogP contribution in [0.5, 0.6) is 5.75 Å². The van der Waals surface area contributed by atoms with Crippen molar-refractivity contribution in [3.05, 3.63) is 28.5 Å². The average molecular weight is 249 g/mol. The van der Waals surface area contributed by atoms with Gasteiger partial charge in [0.25, 0.3) is 0 Å². The Hall–Kier alpha value is -1.33. The third kappa shape index (κ3) is 2.43. The molecule has 88 valence electrons. The molecule has 1 unspecified atom stereocenters. The summed E-state index contributed by atoms with van der Waals surface area (Å²) in [4.78, 5) is 11.1. The molecule has 1 N–H and O–H groups in total. The van der Waals surface area contributed by atoms with E-state index in [1.54, 1.807) is 0 Å². The van der Waals surface area contributed by atoms with Crippen molar-refractivity contribution >= 4 is 17.6 Å². The molecule has 1 atom stereocenters. The van der Waals surface area contributed by atoms with Gasteiger partial charge in [-0.15, -0.1) is 0 Å². The number of benzene rings is 1. The van der Waals surface area contributed by atoms with Crippen LogP contribution in [0.4, 0.5) is 4.39 Å². The van der Waals surface area contributed by atoms with E-state index in [9.17, 15) is 14.3 Å². The van der Waals surface area contributed by atoms with Crippen molar-refractivity contribution < 1.29 is 23.8 Å². The number of halogens is 2. The van der Waals surface area contributed by atoms with Crippen molar-refractivity contribution in [2.75, 3.05) is 14.2 Å². The number of carbonyl (C=O) groups is 1. The summed E-state index contributed by atoms with van der Waals surface area (Å²) in [5.41, 5.74) is -0.0923. The Morgan fingerprint density at radius 1 is 1.50 bits per heavy atom. The number of hydrogen-bond acceptors (Lipinski definition) is 4. The van der Waals surface area contributed by atoms with Crippen LogP contribution in [0.3, 0.4) is 0 Å². The van der Waals surface area contributed by atoms with Gasteiger partial charge in [0.15, 0.2) is 6.10 Å². The van der Waals surface area contributed by atoms with Gasteiger partial charge in [0.2, 0.25) is 0 Å². The summed E-state index contributed by atoms with van der Waals surface area (Å²) in [6, 6.07) is 2.00. The highest BCUT2D eigenvalue weighted by Gasteiger charge is 2.23. The monoisotopic (exact) mass is 248 g/mol. The van der Waals surface area contributed by atoms with E-state index in [1.165, 1.54) is 7.11 Å². The van der Waals surface area contributed by atoms with Crippen LogP contribution in [-0.2, 0) is 9.53 Å². The lowest BCUT2D eigenvalue weighted by atomic mass is 10.1. The minimum Gasteiger partial charge on any atom is -0.495 e. The Morgan fingerprint density at radius 3 is 2.62 bits per heavy atom. The first kappa shape index (κ1) is 12.7. The molecule has 0 spiro atoms. The SMILES string of the molecule is COC(=O)C(O)c1cc(F)cc(OC)c1Cl. The number of methoxy groups -OCH3 is 2. The van der Waals surface area contributed by atoms with Crippen LogP contribution in [0.25, 0.3) is 0 Å². The molecule has 0 amide bonds. The molecular weight excluding hydrogens is 239 g/mol. The van der Waals surface area contributed by atoms with Gasteiger partial charge in [0, 0.05) is 11.6 Å². The molecule has 0 aliphatic carbocycles. The number of ether oxygens (including phenoxy) is 2. The normalized spacial score (nSPS) is 12.1. The van der Waals surface area contributed by atoms with Gasteiger partial charge in [-0.1, -0.05) is 11.6 Å². The van der Waals surface area contributed by atoms with Gasteiger partial charge >= 0.3 is 5.97 Å². The fraction of sp³-hybridized carbons (Fsp3) is 0.300. The van der Waals surface area contributed by atoms with Crippen LogP contribution in [0.1, 0.15) is 11.7 Å². The smallest absolute Gasteiger partial charge is 0.339 e. The van der Waals surface area contributed by atoms with Gasteiger partial charge in [-0.05, 0) is 6.07 Å². The highest BCUT2D eigenvalue weighted by atomic mass is 35.5. The van der Waals surface area contributed by atoms with E-state index in [2.05, 4.69) is 4.74 Å². The maximum absolute atomic E-state index is 13.1. The van der Waals surface area contributed by atoms with E-state index >= 15 is 0 Å². The van der Waals surface area contributed by atoms with Crippen molar-refractivity contribution in [3.63, 3.8) is 0 Å². The number of hydrogen-bond donors (Lipinski definition) is 1. The molecule has 1 rings (SSSR count). The second-order valence-electron chi connectivity index (χ2n) is 2.94. The zero-order valence-electron chi connectivity index (χ0n) is 8.66. The summed E-state index contributed by atoms with van der Waals surface area (Å²) in [5.74, 6) is -1.55. The molecule has 0 radical (unpaired) electrons. The number of aliphatic hydroxyl groups is 1. The molecule has 4 nitrogen and oxygen atoms in total. The molecule has 0 heterocycles. The lowest BCUT2D eigenvalue weighted by Gasteiger charge is -2.13. The zero-order valence-corrected chi connectivity index (χ0v) is 9.42. The third-order valence-corrected chi connectivity index (χ3v) is 2.38. The molecule has 6 heteroatoms. The third-order valence-electron chi connectivity index (χ3n) is 1.97. The van der Waals surface area contributed by atoms with Gasteiger partial charge in [0.05, 0.1) is 19.2 Å². The minimum absolute atomic E-state index is 0.0261. The highest BCUT2D eigenvalue weighted by Crippen LogP contribution is 2.33. The van der Waals surface area contributed by atoms with Gasteiger partial charge in [0.1, 0.15) is 11.6 Å². The predicted molar refractivity (Wildman–Crippen MR) is 54.9 cm³/mol. The number of aliphatic hydroxyl groups excluding tert-OH is 1. The van der Waals surface area contributed by atoms with E-state index in [0.29, 0.717) is 0 Å². The standard InChI is InChI=1S/C10H10ClFO4/c1-15-7-4-5(12)3-6(8(7)11)9(13)10(14)16-2/h3-4,9,13H,1-2H3. The average Bonchev–Trinajstić information content (AvgIpc) is 2.29.